The Morgan fingerprint density at radius 3 is 2.47 bits per heavy atom. The first-order valence-electron chi connectivity index (χ1n) is 6.00. The van der Waals surface area contributed by atoms with Crippen LogP contribution in [0.5, 0.6) is 0 Å². The number of nitrogens with zero attached hydrogens (tertiary/aromatic N) is 2. The number of nitrogens with one attached hydrogen (secondary N) is 1. The zero-order valence-electron chi connectivity index (χ0n) is 10.2. The molecule has 0 aliphatic rings. The summed E-state index contributed by atoms with van der Waals surface area (Å²) >= 11 is 5.33. The molecule has 2 rings (SSSR count). The van der Waals surface area contributed by atoms with Crippen LogP contribution in [0.15, 0.2) is 30.3 Å². The van der Waals surface area contributed by atoms with Gasteiger partial charge in [-0.25, -0.2) is 0 Å². The van der Waals surface area contributed by atoms with Crippen LogP contribution in [-0.2, 0) is 0 Å². The zero-order valence-corrected chi connectivity index (χ0v) is 11.0. The van der Waals surface area contributed by atoms with Gasteiger partial charge in [0, 0.05) is 11.6 Å². The molecule has 2 aromatic rings. The molecule has 0 radical (unpaired) electrons. The van der Waals surface area contributed by atoms with E-state index in [0.29, 0.717) is 10.8 Å². The average Bonchev–Trinajstić information content (AvgIpc) is 2.75. The molecule has 0 fully saturated rings. The summed E-state index contributed by atoms with van der Waals surface area (Å²) < 4.78 is 2.84. The molecular formula is C13H17N3S. The Morgan fingerprint density at radius 2 is 1.88 bits per heavy atom. The van der Waals surface area contributed by atoms with Crippen molar-refractivity contribution in [1.29, 1.82) is 0 Å². The highest BCUT2D eigenvalue weighted by atomic mass is 32.1. The lowest BCUT2D eigenvalue weighted by atomic mass is 10.1. The number of aromatic amines is 1. The van der Waals surface area contributed by atoms with Gasteiger partial charge in [-0.15, -0.1) is 0 Å². The second-order valence-corrected chi connectivity index (χ2v) is 4.45. The van der Waals surface area contributed by atoms with E-state index >= 15 is 0 Å². The van der Waals surface area contributed by atoms with Crippen LogP contribution in [0, 0.1) is 4.77 Å². The molecule has 90 valence electrons. The van der Waals surface area contributed by atoms with E-state index in [-0.39, 0.29) is 0 Å². The van der Waals surface area contributed by atoms with Gasteiger partial charge in [0.1, 0.15) is 0 Å². The minimum atomic E-state index is 0.413. The lowest BCUT2D eigenvalue weighted by Gasteiger charge is -2.16. The fourth-order valence-electron chi connectivity index (χ4n) is 2.09. The highest BCUT2D eigenvalue weighted by Crippen LogP contribution is 2.24. The molecule has 0 amide bonds. The van der Waals surface area contributed by atoms with Crippen molar-refractivity contribution in [3.05, 3.63) is 35.1 Å². The molecule has 0 spiro atoms. The predicted octanol–water partition coefficient (Wildman–Crippen LogP) is 3.97. The molecule has 1 N–H and O–H groups in total. The molecule has 0 saturated heterocycles. The molecule has 0 aliphatic heterocycles. The quantitative estimate of drug-likeness (QED) is 0.829. The molecule has 17 heavy (non-hydrogen) atoms. The second-order valence-electron chi connectivity index (χ2n) is 4.06. The summed E-state index contributed by atoms with van der Waals surface area (Å²) in [4.78, 5) is 0. The fourth-order valence-corrected chi connectivity index (χ4v) is 2.37. The van der Waals surface area contributed by atoms with Crippen molar-refractivity contribution >= 4 is 12.2 Å². The van der Waals surface area contributed by atoms with Gasteiger partial charge in [-0.05, 0) is 25.1 Å². The highest BCUT2D eigenvalue weighted by molar-refractivity contribution is 7.71. The molecule has 1 heterocycles. The van der Waals surface area contributed by atoms with Crippen LogP contribution in [-0.4, -0.2) is 14.8 Å². The Labute approximate surface area is 106 Å². The van der Waals surface area contributed by atoms with Gasteiger partial charge < -0.3 is 0 Å². The van der Waals surface area contributed by atoms with E-state index in [9.17, 15) is 0 Å². The average molecular weight is 247 g/mol. The first-order valence-corrected chi connectivity index (χ1v) is 6.41. The number of hydrogen-bond donors (Lipinski definition) is 1. The Balaban J connectivity index is 2.53. The molecule has 4 heteroatoms. The Kier molecular flexibility index (Phi) is 3.74. The van der Waals surface area contributed by atoms with Crippen molar-refractivity contribution < 1.29 is 0 Å². The number of hydrogen-bond acceptors (Lipinski definition) is 2. The molecule has 0 bridgehead atoms. The summed E-state index contributed by atoms with van der Waals surface area (Å²) in [5.74, 6) is 0.935. The number of aromatic nitrogens is 3. The third-order valence-corrected chi connectivity index (χ3v) is 3.33. The van der Waals surface area contributed by atoms with E-state index in [2.05, 4.69) is 40.7 Å². The summed E-state index contributed by atoms with van der Waals surface area (Å²) in [7, 11) is 0. The Morgan fingerprint density at radius 1 is 1.24 bits per heavy atom. The van der Waals surface area contributed by atoms with E-state index in [1.165, 1.54) is 0 Å². The fraction of sp³-hybridized carbons (Fsp3) is 0.385. The van der Waals surface area contributed by atoms with Crippen molar-refractivity contribution in [3.63, 3.8) is 0 Å². The van der Waals surface area contributed by atoms with Crippen molar-refractivity contribution in [2.45, 2.75) is 32.7 Å². The maximum Gasteiger partial charge on any atom is 0.195 e. The van der Waals surface area contributed by atoms with Crippen LogP contribution in [0.4, 0.5) is 0 Å². The van der Waals surface area contributed by atoms with E-state index in [1.54, 1.807) is 0 Å². The molecule has 0 atom stereocenters. The van der Waals surface area contributed by atoms with Gasteiger partial charge in [-0.2, -0.15) is 5.10 Å². The minimum Gasteiger partial charge on any atom is -0.297 e. The first-order chi connectivity index (χ1) is 8.27. The second kappa shape index (κ2) is 5.27. The van der Waals surface area contributed by atoms with Gasteiger partial charge in [0.15, 0.2) is 10.6 Å². The van der Waals surface area contributed by atoms with Gasteiger partial charge >= 0.3 is 0 Å². The Bertz CT molecular complexity index is 523. The third kappa shape index (κ3) is 2.31. The van der Waals surface area contributed by atoms with Crippen LogP contribution in [0.1, 0.15) is 32.7 Å². The first kappa shape index (κ1) is 12.0. The Hall–Kier alpha value is -1.42. The normalized spacial score (nSPS) is 11.0. The van der Waals surface area contributed by atoms with Gasteiger partial charge in [0.05, 0.1) is 0 Å². The zero-order chi connectivity index (χ0) is 12.3. The summed E-state index contributed by atoms with van der Waals surface area (Å²) in [6.07, 6.45) is 2.12. The number of benzene rings is 1. The maximum absolute atomic E-state index is 5.33. The summed E-state index contributed by atoms with van der Waals surface area (Å²) in [6.45, 7) is 4.36. The van der Waals surface area contributed by atoms with Crippen molar-refractivity contribution in [3.8, 4) is 11.4 Å². The lowest BCUT2D eigenvalue weighted by Crippen LogP contribution is -2.08. The van der Waals surface area contributed by atoms with Crippen molar-refractivity contribution in [2.24, 2.45) is 0 Å². The molecular weight excluding hydrogens is 230 g/mol. The summed E-state index contributed by atoms with van der Waals surface area (Å²) in [5, 5.41) is 7.25. The smallest absolute Gasteiger partial charge is 0.195 e. The van der Waals surface area contributed by atoms with E-state index in [1.807, 2.05) is 18.2 Å². The van der Waals surface area contributed by atoms with Gasteiger partial charge in [0.25, 0.3) is 0 Å². The van der Waals surface area contributed by atoms with Gasteiger partial charge in [-0.3, -0.25) is 9.67 Å². The van der Waals surface area contributed by atoms with Crippen molar-refractivity contribution in [2.75, 3.05) is 0 Å². The largest absolute Gasteiger partial charge is 0.297 e. The number of H-pyrrole nitrogens is 1. The maximum atomic E-state index is 5.33. The monoisotopic (exact) mass is 247 g/mol. The molecule has 1 aromatic heterocycles. The molecule has 0 unspecified atom stereocenters. The van der Waals surface area contributed by atoms with Gasteiger partial charge in [0.2, 0.25) is 0 Å². The lowest BCUT2D eigenvalue weighted by molar-refractivity contribution is 0.470. The summed E-state index contributed by atoms with van der Waals surface area (Å²) in [5.41, 5.74) is 1.10. The van der Waals surface area contributed by atoms with Crippen LogP contribution < -0.4 is 0 Å². The molecule has 0 aliphatic carbocycles. The minimum absolute atomic E-state index is 0.413. The predicted molar refractivity (Wildman–Crippen MR) is 72.5 cm³/mol. The van der Waals surface area contributed by atoms with E-state index < -0.39 is 0 Å². The topological polar surface area (TPSA) is 33.6 Å². The van der Waals surface area contributed by atoms with Crippen LogP contribution in [0.25, 0.3) is 11.4 Å². The molecule has 0 saturated carbocycles. The van der Waals surface area contributed by atoms with E-state index in [0.717, 1.165) is 24.2 Å². The van der Waals surface area contributed by atoms with Crippen LogP contribution in [0.2, 0.25) is 0 Å². The SMILES string of the molecule is CCC(CC)n1c(-c2ccccc2)n[nH]c1=S. The summed E-state index contributed by atoms with van der Waals surface area (Å²) in [6, 6.07) is 10.6. The van der Waals surface area contributed by atoms with Crippen LogP contribution in [0.3, 0.4) is 0 Å². The highest BCUT2D eigenvalue weighted by Gasteiger charge is 2.14. The van der Waals surface area contributed by atoms with Crippen LogP contribution >= 0.6 is 12.2 Å². The van der Waals surface area contributed by atoms with Crippen molar-refractivity contribution in [1.82, 2.24) is 14.8 Å². The van der Waals surface area contributed by atoms with E-state index in [4.69, 9.17) is 12.2 Å². The van der Waals surface area contributed by atoms with Gasteiger partial charge in [-0.1, -0.05) is 44.2 Å². The third-order valence-electron chi connectivity index (χ3n) is 3.04. The molecule has 3 nitrogen and oxygen atoms in total. The number of rotatable bonds is 4. The standard InChI is InChI=1S/C13H17N3S/c1-3-11(4-2)16-12(14-15-13(16)17)10-8-6-5-7-9-10/h5-9,11H,3-4H2,1-2H3,(H,15,17). The molecule has 1 aromatic carbocycles.